The van der Waals surface area contributed by atoms with Gasteiger partial charge in [0.15, 0.2) is 17.2 Å². The number of hydrogen-bond donors (Lipinski definition) is 0. The number of benzene rings is 1. The van der Waals surface area contributed by atoms with E-state index in [-0.39, 0.29) is 30.8 Å². The van der Waals surface area contributed by atoms with Gasteiger partial charge in [-0.25, -0.2) is 8.78 Å². The molecule has 0 radical (unpaired) electrons. The lowest BCUT2D eigenvalue weighted by Gasteiger charge is -2.32. The van der Waals surface area contributed by atoms with Crippen molar-refractivity contribution in [1.29, 1.82) is 0 Å². The van der Waals surface area contributed by atoms with Gasteiger partial charge in [-0.2, -0.15) is 4.39 Å². The molecule has 1 aromatic carbocycles. The van der Waals surface area contributed by atoms with Crippen LogP contribution in [0.3, 0.4) is 0 Å². The number of alkyl halides is 1. The van der Waals surface area contributed by atoms with Crippen molar-refractivity contribution < 1.29 is 27.4 Å². The SMILES string of the molecule is CCCC1(F)COC(C#CC2CCC(c3ccc(OCC)c(F)c3F)CC2)OC1. The van der Waals surface area contributed by atoms with E-state index in [1.54, 1.807) is 13.0 Å². The summed E-state index contributed by atoms with van der Waals surface area (Å²) in [6.07, 6.45) is 3.52. The molecule has 2 fully saturated rings. The molecule has 0 amide bonds. The first-order valence-electron chi connectivity index (χ1n) is 10.5. The molecule has 3 rings (SSSR count). The standard InChI is InChI=1S/C23H29F3O3/c1-3-13-23(26)14-28-20(29-15-23)12-7-16-5-8-17(9-6-16)18-10-11-19(27-4-2)22(25)21(18)24/h10-11,16-17,20H,3-6,8-9,13-15H2,1-2H3. The molecule has 1 heterocycles. The topological polar surface area (TPSA) is 27.7 Å². The molecule has 0 bridgehead atoms. The van der Waals surface area contributed by atoms with Crippen LogP contribution in [0, 0.1) is 29.4 Å². The minimum Gasteiger partial charge on any atom is -0.491 e. The Balaban J connectivity index is 1.52. The zero-order valence-corrected chi connectivity index (χ0v) is 17.1. The summed E-state index contributed by atoms with van der Waals surface area (Å²) in [4.78, 5) is 0. The molecule has 160 valence electrons. The first-order chi connectivity index (χ1) is 14.0. The maximum absolute atomic E-state index is 14.4. The molecule has 0 atom stereocenters. The van der Waals surface area contributed by atoms with Crippen LogP contribution in [0.2, 0.25) is 0 Å². The summed E-state index contributed by atoms with van der Waals surface area (Å²) >= 11 is 0. The molecule has 1 aliphatic heterocycles. The molecule has 0 N–H and O–H groups in total. The van der Waals surface area contributed by atoms with Crippen LogP contribution in [0.4, 0.5) is 13.2 Å². The smallest absolute Gasteiger partial charge is 0.222 e. The molecule has 6 heteroatoms. The third kappa shape index (κ3) is 5.46. The number of halogens is 3. The van der Waals surface area contributed by atoms with E-state index in [4.69, 9.17) is 14.2 Å². The second-order valence-corrected chi connectivity index (χ2v) is 7.91. The summed E-state index contributed by atoms with van der Waals surface area (Å²) in [5.74, 6) is 4.48. The van der Waals surface area contributed by atoms with Crippen LogP contribution in [-0.2, 0) is 9.47 Å². The number of rotatable bonds is 5. The molecule has 1 saturated heterocycles. The Labute approximate surface area is 170 Å². The third-order valence-electron chi connectivity index (χ3n) is 5.63. The molecular weight excluding hydrogens is 381 g/mol. The van der Waals surface area contributed by atoms with Crippen molar-refractivity contribution in [2.45, 2.75) is 70.2 Å². The highest BCUT2D eigenvalue weighted by molar-refractivity contribution is 5.33. The van der Waals surface area contributed by atoms with E-state index in [0.29, 0.717) is 18.6 Å². The average Bonchev–Trinajstić information content (AvgIpc) is 2.72. The molecule has 3 nitrogen and oxygen atoms in total. The quantitative estimate of drug-likeness (QED) is 0.598. The predicted molar refractivity (Wildman–Crippen MR) is 104 cm³/mol. The number of hydrogen-bond acceptors (Lipinski definition) is 3. The lowest BCUT2D eigenvalue weighted by atomic mass is 9.78. The van der Waals surface area contributed by atoms with Crippen molar-refractivity contribution in [3.63, 3.8) is 0 Å². The Kier molecular flexibility index (Phi) is 7.48. The van der Waals surface area contributed by atoms with E-state index >= 15 is 0 Å². The Bertz CT molecular complexity index is 740. The minimum absolute atomic E-state index is 0.00943. The van der Waals surface area contributed by atoms with Gasteiger partial charge in [-0.3, -0.25) is 0 Å². The van der Waals surface area contributed by atoms with E-state index in [2.05, 4.69) is 11.8 Å². The number of ether oxygens (including phenoxy) is 3. The van der Waals surface area contributed by atoms with Gasteiger partial charge in [0.05, 0.1) is 19.8 Å². The molecule has 0 aromatic heterocycles. The third-order valence-corrected chi connectivity index (χ3v) is 5.63. The minimum atomic E-state index is -1.41. The molecule has 0 unspecified atom stereocenters. The molecule has 1 aliphatic carbocycles. The Hall–Kier alpha value is -1.71. The lowest BCUT2D eigenvalue weighted by molar-refractivity contribution is -0.208. The Morgan fingerprint density at radius 3 is 2.34 bits per heavy atom. The highest BCUT2D eigenvalue weighted by atomic mass is 19.2. The summed E-state index contributed by atoms with van der Waals surface area (Å²) in [6.45, 7) is 3.97. The van der Waals surface area contributed by atoms with E-state index < -0.39 is 23.6 Å². The van der Waals surface area contributed by atoms with Crippen LogP contribution < -0.4 is 4.74 Å². The van der Waals surface area contributed by atoms with Gasteiger partial charge in [-0.05, 0) is 62.5 Å². The van der Waals surface area contributed by atoms with E-state index in [9.17, 15) is 13.2 Å². The normalized spacial score (nSPS) is 29.8. The summed E-state index contributed by atoms with van der Waals surface area (Å²) < 4.78 is 58.8. The fourth-order valence-electron chi connectivity index (χ4n) is 4.08. The fraction of sp³-hybridized carbons (Fsp3) is 0.652. The fourth-order valence-corrected chi connectivity index (χ4v) is 4.08. The van der Waals surface area contributed by atoms with E-state index in [0.717, 1.165) is 32.1 Å². The van der Waals surface area contributed by atoms with Gasteiger partial charge in [0.2, 0.25) is 12.1 Å². The van der Waals surface area contributed by atoms with Crippen LogP contribution in [0.15, 0.2) is 12.1 Å². The maximum Gasteiger partial charge on any atom is 0.222 e. The Morgan fingerprint density at radius 1 is 1.03 bits per heavy atom. The van der Waals surface area contributed by atoms with Gasteiger partial charge in [-0.1, -0.05) is 25.3 Å². The zero-order valence-electron chi connectivity index (χ0n) is 17.1. The van der Waals surface area contributed by atoms with Crippen molar-refractivity contribution in [3.8, 4) is 17.6 Å². The summed E-state index contributed by atoms with van der Waals surface area (Å²) in [5.41, 5.74) is -1.01. The average molecular weight is 410 g/mol. The summed E-state index contributed by atoms with van der Waals surface area (Å²) in [5, 5.41) is 0. The molecule has 2 aliphatic rings. The van der Waals surface area contributed by atoms with Crippen LogP contribution in [0.25, 0.3) is 0 Å². The first kappa shape index (κ1) is 22.0. The first-order valence-corrected chi connectivity index (χ1v) is 10.5. The Morgan fingerprint density at radius 2 is 1.72 bits per heavy atom. The van der Waals surface area contributed by atoms with Crippen molar-refractivity contribution >= 4 is 0 Å². The molecule has 1 saturated carbocycles. The highest BCUT2D eigenvalue weighted by Gasteiger charge is 2.36. The van der Waals surface area contributed by atoms with Gasteiger partial charge in [0.1, 0.15) is 0 Å². The van der Waals surface area contributed by atoms with Gasteiger partial charge in [0, 0.05) is 5.92 Å². The van der Waals surface area contributed by atoms with Crippen molar-refractivity contribution in [3.05, 3.63) is 29.3 Å². The van der Waals surface area contributed by atoms with Gasteiger partial charge >= 0.3 is 0 Å². The monoisotopic (exact) mass is 410 g/mol. The van der Waals surface area contributed by atoms with Gasteiger partial charge < -0.3 is 14.2 Å². The predicted octanol–water partition coefficient (Wildman–Crippen LogP) is 5.52. The van der Waals surface area contributed by atoms with Crippen LogP contribution in [0.1, 0.15) is 63.9 Å². The summed E-state index contributed by atoms with van der Waals surface area (Å²) in [6, 6.07) is 3.13. The molecule has 1 aromatic rings. The zero-order chi connectivity index (χ0) is 20.9. The van der Waals surface area contributed by atoms with Gasteiger partial charge in [0.25, 0.3) is 0 Å². The maximum atomic E-state index is 14.4. The van der Waals surface area contributed by atoms with Crippen molar-refractivity contribution in [2.24, 2.45) is 5.92 Å². The molecule has 0 spiro atoms. The van der Waals surface area contributed by atoms with Crippen LogP contribution >= 0.6 is 0 Å². The highest BCUT2D eigenvalue weighted by Crippen LogP contribution is 2.38. The van der Waals surface area contributed by atoms with Crippen LogP contribution in [0.5, 0.6) is 5.75 Å². The molecule has 29 heavy (non-hydrogen) atoms. The van der Waals surface area contributed by atoms with Crippen molar-refractivity contribution in [1.82, 2.24) is 0 Å². The van der Waals surface area contributed by atoms with E-state index in [1.807, 2.05) is 6.92 Å². The second kappa shape index (κ2) is 9.86. The largest absolute Gasteiger partial charge is 0.491 e. The second-order valence-electron chi connectivity index (χ2n) is 7.91. The van der Waals surface area contributed by atoms with Gasteiger partial charge in [-0.15, -0.1) is 0 Å². The lowest BCUT2D eigenvalue weighted by Crippen LogP contribution is -2.43. The summed E-state index contributed by atoms with van der Waals surface area (Å²) in [7, 11) is 0. The van der Waals surface area contributed by atoms with Crippen LogP contribution in [-0.4, -0.2) is 31.8 Å². The van der Waals surface area contributed by atoms with E-state index in [1.165, 1.54) is 6.07 Å². The molecular formula is C23H29F3O3. The van der Waals surface area contributed by atoms with Crippen molar-refractivity contribution in [2.75, 3.05) is 19.8 Å².